The van der Waals surface area contributed by atoms with Gasteiger partial charge in [-0.25, -0.2) is 13.2 Å². The number of carboxylic acid groups (broad SMARTS) is 1. The van der Waals surface area contributed by atoms with Crippen molar-refractivity contribution < 1.29 is 23.1 Å². The minimum absolute atomic E-state index is 0.0334. The second-order valence-electron chi connectivity index (χ2n) is 8.16. The zero-order valence-electron chi connectivity index (χ0n) is 18.6. The molecular weight excluding hydrogens is 486 g/mol. The molecule has 1 aromatic heterocycles. The van der Waals surface area contributed by atoms with Gasteiger partial charge in [0.05, 0.1) is 11.6 Å². The van der Waals surface area contributed by atoms with E-state index in [1.165, 1.54) is 6.07 Å². The van der Waals surface area contributed by atoms with E-state index in [1.807, 2.05) is 12.1 Å². The van der Waals surface area contributed by atoms with Crippen LogP contribution in [0.1, 0.15) is 24.0 Å². The molecule has 1 fully saturated rings. The van der Waals surface area contributed by atoms with E-state index in [1.54, 1.807) is 47.8 Å². The van der Waals surface area contributed by atoms with Crippen molar-refractivity contribution in [2.45, 2.75) is 35.6 Å². The number of carbonyl (C=O) groups is 2. The van der Waals surface area contributed by atoms with Gasteiger partial charge in [0.15, 0.2) is 0 Å². The third-order valence-corrected chi connectivity index (χ3v) is 9.21. The van der Waals surface area contributed by atoms with Gasteiger partial charge in [-0.15, -0.1) is 11.3 Å². The van der Waals surface area contributed by atoms with E-state index in [9.17, 15) is 28.4 Å². The zero-order valence-corrected chi connectivity index (χ0v) is 20.3. The molecule has 1 aliphatic heterocycles. The van der Waals surface area contributed by atoms with E-state index in [0.29, 0.717) is 24.0 Å². The van der Waals surface area contributed by atoms with Gasteiger partial charge in [-0.05, 0) is 47.0 Å². The summed E-state index contributed by atoms with van der Waals surface area (Å²) in [6, 6.07) is 17.4. The molecule has 1 saturated heterocycles. The minimum Gasteiger partial charge on any atom is -0.480 e. The van der Waals surface area contributed by atoms with Gasteiger partial charge in [0.1, 0.15) is 16.3 Å². The molecule has 35 heavy (non-hydrogen) atoms. The number of amides is 1. The van der Waals surface area contributed by atoms with Crippen LogP contribution in [0.3, 0.4) is 0 Å². The summed E-state index contributed by atoms with van der Waals surface area (Å²) >= 11 is 1.08. The summed E-state index contributed by atoms with van der Waals surface area (Å²) in [5, 5.41) is 23.2. The molecule has 2 N–H and O–H groups in total. The molecule has 180 valence electrons. The van der Waals surface area contributed by atoms with Crippen molar-refractivity contribution in [1.29, 1.82) is 5.26 Å². The highest BCUT2D eigenvalue weighted by molar-refractivity contribution is 7.91. The quantitative estimate of drug-likeness (QED) is 0.480. The first kappa shape index (κ1) is 24.6. The standard InChI is InChI=1S/C25H23N3O5S2/c26-16-19-5-1-2-6-20(19)18-11-9-17(10-12-18)15-21(25(30)31)27-24(29)22-7-3-13-28(22)35(32,33)23-8-4-14-34-23/h1-2,4-6,8-12,14,21-22H,3,7,13,15H2,(H,27,29)(H,30,31)/t21-,22-/m0/s1. The summed E-state index contributed by atoms with van der Waals surface area (Å²) in [6.07, 6.45) is 0.882. The molecule has 2 aromatic carbocycles. The van der Waals surface area contributed by atoms with Gasteiger partial charge in [0.2, 0.25) is 5.91 Å². The minimum atomic E-state index is -3.82. The molecule has 0 unspecified atom stereocenters. The SMILES string of the molecule is N#Cc1ccccc1-c1ccc(C[C@H](NC(=O)[C@@H]2CCCN2S(=O)(=O)c2cccs2)C(=O)O)cc1. The number of aliphatic carboxylic acids is 1. The monoisotopic (exact) mass is 509 g/mol. The molecule has 2 atom stereocenters. The number of carboxylic acids is 1. The number of hydrogen-bond donors (Lipinski definition) is 2. The summed E-state index contributed by atoms with van der Waals surface area (Å²) in [5.41, 5.74) is 2.82. The lowest BCUT2D eigenvalue weighted by molar-refractivity contribution is -0.142. The second-order valence-corrected chi connectivity index (χ2v) is 11.2. The van der Waals surface area contributed by atoms with Gasteiger partial charge in [0, 0.05) is 13.0 Å². The number of thiophene rings is 1. The first-order valence-electron chi connectivity index (χ1n) is 11.0. The molecule has 8 nitrogen and oxygen atoms in total. The number of carbonyl (C=O) groups excluding carboxylic acids is 1. The molecule has 0 radical (unpaired) electrons. The van der Waals surface area contributed by atoms with Crippen LogP contribution in [0, 0.1) is 11.3 Å². The lowest BCUT2D eigenvalue weighted by Gasteiger charge is -2.24. The van der Waals surface area contributed by atoms with Crippen LogP contribution in [-0.4, -0.2) is 48.3 Å². The predicted molar refractivity (Wildman–Crippen MR) is 131 cm³/mol. The van der Waals surface area contributed by atoms with Gasteiger partial charge in [-0.2, -0.15) is 9.57 Å². The van der Waals surface area contributed by atoms with Gasteiger partial charge in [-0.1, -0.05) is 48.5 Å². The van der Waals surface area contributed by atoms with Gasteiger partial charge in [0.25, 0.3) is 10.0 Å². The lowest BCUT2D eigenvalue weighted by Crippen LogP contribution is -2.51. The van der Waals surface area contributed by atoms with E-state index < -0.39 is 34.0 Å². The fourth-order valence-electron chi connectivity index (χ4n) is 4.17. The van der Waals surface area contributed by atoms with Crippen molar-refractivity contribution in [3.63, 3.8) is 0 Å². The maximum Gasteiger partial charge on any atom is 0.326 e. The molecule has 0 saturated carbocycles. The molecule has 1 aliphatic rings. The first-order chi connectivity index (χ1) is 16.8. The van der Waals surface area contributed by atoms with Crippen LogP contribution >= 0.6 is 11.3 Å². The van der Waals surface area contributed by atoms with Crippen LogP contribution < -0.4 is 5.32 Å². The highest BCUT2D eigenvalue weighted by atomic mass is 32.2. The van der Waals surface area contributed by atoms with Crippen LogP contribution in [0.2, 0.25) is 0 Å². The molecule has 0 aliphatic carbocycles. The zero-order chi connectivity index (χ0) is 25.0. The molecule has 0 bridgehead atoms. The van der Waals surface area contributed by atoms with Gasteiger partial charge < -0.3 is 10.4 Å². The van der Waals surface area contributed by atoms with E-state index >= 15 is 0 Å². The first-order valence-corrected chi connectivity index (χ1v) is 13.3. The second kappa shape index (κ2) is 10.4. The molecule has 3 aromatic rings. The summed E-state index contributed by atoms with van der Waals surface area (Å²) < 4.78 is 27.2. The topological polar surface area (TPSA) is 128 Å². The van der Waals surface area contributed by atoms with Crippen molar-refractivity contribution in [2.24, 2.45) is 0 Å². The highest BCUT2D eigenvalue weighted by Gasteiger charge is 2.40. The molecule has 4 rings (SSSR count). The third kappa shape index (κ3) is 5.27. The number of benzene rings is 2. The van der Waals surface area contributed by atoms with E-state index in [4.69, 9.17) is 0 Å². The fourth-order valence-corrected chi connectivity index (χ4v) is 6.95. The molecule has 0 spiro atoms. The average Bonchev–Trinajstić information content (AvgIpc) is 3.57. The molecular formula is C25H23N3O5S2. The van der Waals surface area contributed by atoms with Crippen molar-refractivity contribution in [3.05, 3.63) is 77.2 Å². The van der Waals surface area contributed by atoms with Crippen molar-refractivity contribution in [1.82, 2.24) is 9.62 Å². The largest absolute Gasteiger partial charge is 0.480 e. The summed E-state index contributed by atoms with van der Waals surface area (Å²) in [6.45, 7) is 0.210. The fraction of sp³-hybridized carbons (Fsp3) is 0.240. The summed E-state index contributed by atoms with van der Waals surface area (Å²) in [4.78, 5) is 24.9. The number of hydrogen-bond acceptors (Lipinski definition) is 6. The predicted octanol–water partition coefficient (Wildman–Crippen LogP) is 3.25. The number of nitrogens with one attached hydrogen (secondary N) is 1. The van der Waals surface area contributed by atoms with Crippen molar-refractivity contribution in [2.75, 3.05) is 6.54 Å². The third-order valence-electron chi connectivity index (χ3n) is 5.93. The Morgan fingerprint density at radius 3 is 2.54 bits per heavy atom. The number of nitrogens with zero attached hydrogens (tertiary/aromatic N) is 2. The van der Waals surface area contributed by atoms with Crippen LogP contribution in [0.25, 0.3) is 11.1 Å². The van der Waals surface area contributed by atoms with Crippen LogP contribution in [0.5, 0.6) is 0 Å². The number of sulfonamides is 1. The maximum absolute atomic E-state index is 13.0. The molecule has 1 amide bonds. The molecule has 2 heterocycles. The smallest absolute Gasteiger partial charge is 0.326 e. The van der Waals surface area contributed by atoms with Gasteiger partial charge >= 0.3 is 5.97 Å². The van der Waals surface area contributed by atoms with Crippen LogP contribution in [-0.2, 0) is 26.0 Å². The van der Waals surface area contributed by atoms with E-state index in [-0.39, 0.29) is 17.2 Å². The molecule has 10 heteroatoms. The highest BCUT2D eigenvalue weighted by Crippen LogP contribution is 2.29. The van der Waals surface area contributed by atoms with E-state index in [2.05, 4.69) is 11.4 Å². The Kier molecular flexibility index (Phi) is 7.31. The van der Waals surface area contributed by atoms with Crippen molar-refractivity contribution in [3.8, 4) is 17.2 Å². The van der Waals surface area contributed by atoms with Gasteiger partial charge in [-0.3, -0.25) is 4.79 Å². The lowest BCUT2D eigenvalue weighted by atomic mass is 9.97. The normalized spacial score (nSPS) is 16.9. The average molecular weight is 510 g/mol. The van der Waals surface area contributed by atoms with Crippen LogP contribution in [0.15, 0.2) is 70.3 Å². The van der Waals surface area contributed by atoms with Crippen LogP contribution in [0.4, 0.5) is 0 Å². The Morgan fingerprint density at radius 2 is 1.89 bits per heavy atom. The Bertz CT molecular complexity index is 1360. The Balaban J connectivity index is 1.47. The Morgan fingerprint density at radius 1 is 1.14 bits per heavy atom. The number of rotatable bonds is 8. The van der Waals surface area contributed by atoms with Crippen molar-refractivity contribution >= 4 is 33.2 Å². The summed E-state index contributed by atoms with van der Waals surface area (Å²) in [5.74, 6) is -1.82. The van der Waals surface area contributed by atoms with E-state index in [0.717, 1.165) is 26.8 Å². The number of nitriles is 1. The summed E-state index contributed by atoms with van der Waals surface area (Å²) in [7, 11) is -3.82. The maximum atomic E-state index is 13.0. The Hall–Kier alpha value is -3.52. The Labute approximate surface area is 207 Å².